The first kappa shape index (κ1) is 15.7. The number of nitrogens with zero attached hydrogens (tertiary/aromatic N) is 3. The van der Waals surface area contributed by atoms with Crippen molar-refractivity contribution < 1.29 is 18.1 Å². The Labute approximate surface area is 123 Å². The summed E-state index contributed by atoms with van der Waals surface area (Å²) in [4.78, 5) is 17.1. The summed E-state index contributed by atoms with van der Waals surface area (Å²) in [5.41, 5.74) is -0.219. The molecule has 6 nitrogen and oxygen atoms in total. The van der Waals surface area contributed by atoms with Crippen molar-refractivity contribution in [2.24, 2.45) is 0 Å². The molecular weight excluding hydrogens is 301 g/mol. The van der Waals surface area contributed by atoms with E-state index < -0.39 is 16.8 Å². The third kappa shape index (κ3) is 4.14. The fourth-order valence-electron chi connectivity index (χ4n) is 1.70. The lowest BCUT2D eigenvalue weighted by Gasteiger charge is -2.08. The summed E-state index contributed by atoms with van der Waals surface area (Å²) >= 11 is 0. The number of hydrogen-bond donors (Lipinski definition) is 1. The van der Waals surface area contributed by atoms with Crippen LogP contribution >= 0.6 is 0 Å². The standard InChI is InChI=1S/C13H11F3N4O2/c14-13(15,16)11-6-8-18-12(19-11)17-7-5-9-1-3-10(4-2-9)20(21)22/h1-4,6,8H,5,7H2,(H,17,18,19). The van der Waals surface area contributed by atoms with E-state index in [0.29, 0.717) is 13.0 Å². The Hall–Kier alpha value is -2.71. The van der Waals surface area contributed by atoms with E-state index in [0.717, 1.165) is 17.8 Å². The number of aromatic nitrogens is 2. The third-order valence-corrected chi connectivity index (χ3v) is 2.79. The number of rotatable bonds is 5. The monoisotopic (exact) mass is 312 g/mol. The highest BCUT2D eigenvalue weighted by atomic mass is 19.4. The molecule has 0 aliphatic carbocycles. The molecule has 0 fully saturated rings. The number of nitrogens with one attached hydrogen (secondary N) is 1. The van der Waals surface area contributed by atoms with Gasteiger partial charge in [-0.05, 0) is 18.1 Å². The van der Waals surface area contributed by atoms with Crippen molar-refractivity contribution in [1.82, 2.24) is 9.97 Å². The minimum atomic E-state index is -4.52. The first-order valence-corrected chi connectivity index (χ1v) is 6.24. The van der Waals surface area contributed by atoms with E-state index in [4.69, 9.17) is 0 Å². The van der Waals surface area contributed by atoms with Crippen LogP contribution in [-0.4, -0.2) is 21.4 Å². The first-order valence-electron chi connectivity index (χ1n) is 6.24. The fraction of sp³-hybridized carbons (Fsp3) is 0.231. The topological polar surface area (TPSA) is 81.0 Å². The normalized spacial score (nSPS) is 11.2. The van der Waals surface area contributed by atoms with Gasteiger partial charge in [-0.1, -0.05) is 12.1 Å². The van der Waals surface area contributed by atoms with E-state index in [1.165, 1.54) is 12.1 Å². The molecule has 2 aromatic rings. The van der Waals surface area contributed by atoms with Crippen LogP contribution in [0.25, 0.3) is 0 Å². The molecule has 1 aromatic carbocycles. The van der Waals surface area contributed by atoms with Gasteiger partial charge >= 0.3 is 6.18 Å². The third-order valence-electron chi connectivity index (χ3n) is 2.79. The Kier molecular flexibility index (Phi) is 4.54. The van der Waals surface area contributed by atoms with Gasteiger partial charge in [0.2, 0.25) is 5.95 Å². The Morgan fingerprint density at radius 2 is 1.86 bits per heavy atom. The van der Waals surface area contributed by atoms with Crippen LogP contribution in [0.2, 0.25) is 0 Å². The Bertz CT molecular complexity index is 659. The number of halogens is 3. The first-order chi connectivity index (χ1) is 10.4. The predicted molar refractivity (Wildman–Crippen MR) is 72.3 cm³/mol. The molecule has 0 aliphatic rings. The minimum absolute atomic E-state index is 0.0158. The fourth-order valence-corrected chi connectivity index (χ4v) is 1.70. The number of benzene rings is 1. The average Bonchev–Trinajstić information content (AvgIpc) is 2.47. The van der Waals surface area contributed by atoms with Crippen molar-refractivity contribution >= 4 is 11.6 Å². The van der Waals surface area contributed by atoms with E-state index in [9.17, 15) is 23.3 Å². The van der Waals surface area contributed by atoms with Crippen molar-refractivity contribution in [2.75, 3.05) is 11.9 Å². The van der Waals surface area contributed by atoms with Crippen molar-refractivity contribution in [3.05, 3.63) is 57.9 Å². The summed E-state index contributed by atoms with van der Waals surface area (Å²) < 4.78 is 37.5. The summed E-state index contributed by atoms with van der Waals surface area (Å²) in [5.74, 6) is -0.114. The molecule has 1 aromatic heterocycles. The van der Waals surface area contributed by atoms with E-state index in [1.54, 1.807) is 12.1 Å². The van der Waals surface area contributed by atoms with Gasteiger partial charge in [-0.3, -0.25) is 10.1 Å². The second kappa shape index (κ2) is 6.37. The number of nitro groups is 1. The quantitative estimate of drug-likeness (QED) is 0.678. The number of non-ortho nitro benzene ring substituents is 1. The molecular formula is C13H11F3N4O2. The summed E-state index contributed by atoms with van der Waals surface area (Å²) in [6, 6.07) is 6.72. The van der Waals surface area contributed by atoms with Gasteiger partial charge in [-0.25, -0.2) is 9.97 Å². The molecule has 0 spiro atoms. The molecule has 1 heterocycles. The summed E-state index contributed by atoms with van der Waals surface area (Å²) in [6.45, 7) is 0.305. The predicted octanol–water partition coefficient (Wildman–Crippen LogP) is 3.06. The van der Waals surface area contributed by atoms with Gasteiger partial charge < -0.3 is 5.32 Å². The van der Waals surface area contributed by atoms with Gasteiger partial charge in [0.1, 0.15) is 5.69 Å². The van der Waals surface area contributed by atoms with Crippen molar-refractivity contribution in [3.63, 3.8) is 0 Å². The molecule has 22 heavy (non-hydrogen) atoms. The molecule has 0 bridgehead atoms. The van der Waals surface area contributed by atoms with E-state index in [1.807, 2.05) is 0 Å². The van der Waals surface area contributed by atoms with Crippen LogP contribution in [0.4, 0.5) is 24.8 Å². The largest absolute Gasteiger partial charge is 0.433 e. The highest BCUT2D eigenvalue weighted by Crippen LogP contribution is 2.27. The Balaban J connectivity index is 1.92. The highest BCUT2D eigenvalue weighted by Gasteiger charge is 2.32. The SMILES string of the molecule is O=[N+]([O-])c1ccc(CCNc2nccc(C(F)(F)F)n2)cc1. The lowest BCUT2D eigenvalue weighted by Crippen LogP contribution is -2.13. The zero-order valence-corrected chi connectivity index (χ0v) is 11.2. The molecule has 1 N–H and O–H groups in total. The highest BCUT2D eigenvalue weighted by molar-refractivity contribution is 5.33. The van der Waals surface area contributed by atoms with Crippen molar-refractivity contribution in [1.29, 1.82) is 0 Å². The molecule has 0 saturated carbocycles. The summed E-state index contributed by atoms with van der Waals surface area (Å²) in [6.07, 6.45) is -3.01. The van der Waals surface area contributed by atoms with Crippen LogP contribution in [0.1, 0.15) is 11.3 Å². The van der Waals surface area contributed by atoms with E-state index in [2.05, 4.69) is 15.3 Å². The zero-order valence-electron chi connectivity index (χ0n) is 11.2. The maximum absolute atomic E-state index is 12.5. The van der Waals surface area contributed by atoms with Crippen molar-refractivity contribution in [2.45, 2.75) is 12.6 Å². The second-order valence-electron chi connectivity index (χ2n) is 4.36. The van der Waals surface area contributed by atoms with Gasteiger partial charge in [0.15, 0.2) is 0 Å². The maximum Gasteiger partial charge on any atom is 0.433 e. The smallest absolute Gasteiger partial charge is 0.354 e. The van der Waals surface area contributed by atoms with Crippen LogP contribution in [0.5, 0.6) is 0 Å². The minimum Gasteiger partial charge on any atom is -0.354 e. The lowest BCUT2D eigenvalue weighted by atomic mass is 10.1. The van der Waals surface area contributed by atoms with Crippen LogP contribution in [-0.2, 0) is 12.6 Å². The van der Waals surface area contributed by atoms with Gasteiger partial charge in [0.25, 0.3) is 5.69 Å². The Morgan fingerprint density at radius 1 is 1.18 bits per heavy atom. The lowest BCUT2D eigenvalue weighted by molar-refractivity contribution is -0.384. The van der Waals surface area contributed by atoms with Crippen LogP contribution in [0.3, 0.4) is 0 Å². The molecule has 0 atom stereocenters. The summed E-state index contributed by atoms with van der Waals surface area (Å²) in [7, 11) is 0. The number of anilines is 1. The van der Waals surface area contributed by atoms with Crippen molar-refractivity contribution in [3.8, 4) is 0 Å². The maximum atomic E-state index is 12.5. The van der Waals surface area contributed by atoms with Gasteiger partial charge in [-0.15, -0.1) is 0 Å². The Morgan fingerprint density at radius 3 is 2.45 bits per heavy atom. The molecule has 0 unspecified atom stereocenters. The number of hydrogen-bond acceptors (Lipinski definition) is 5. The molecule has 0 radical (unpaired) electrons. The van der Waals surface area contributed by atoms with Gasteiger partial charge in [0, 0.05) is 24.9 Å². The zero-order chi connectivity index (χ0) is 16.2. The molecule has 116 valence electrons. The number of nitro benzene ring substituents is 1. The molecule has 0 saturated heterocycles. The van der Waals surface area contributed by atoms with Gasteiger partial charge in [0.05, 0.1) is 4.92 Å². The average molecular weight is 312 g/mol. The summed E-state index contributed by atoms with van der Waals surface area (Å²) in [5, 5.41) is 13.2. The number of alkyl halides is 3. The molecule has 9 heteroatoms. The van der Waals surface area contributed by atoms with Crippen LogP contribution in [0.15, 0.2) is 36.5 Å². The van der Waals surface area contributed by atoms with Crippen LogP contribution in [0, 0.1) is 10.1 Å². The molecule has 0 aliphatic heterocycles. The molecule has 0 amide bonds. The second-order valence-corrected chi connectivity index (χ2v) is 4.36. The van der Waals surface area contributed by atoms with Gasteiger partial charge in [-0.2, -0.15) is 13.2 Å². The molecule has 2 rings (SSSR count). The van der Waals surface area contributed by atoms with E-state index in [-0.39, 0.29) is 11.6 Å². The van der Waals surface area contributed by atoms with E-state index >= 15 is 0 Å². The van der Waals surface area contributed by atoms with Crippen LogP contribution < -0.4 is 5.32 Å².